The number of fused-ring (bicyclic) bond motifs is 1. The Labute approximate surface area is 241 Å². The summed E-state index contributed by atoms with van der Waals surface area (Å²) in [5, 5.41) is 21.6. The van der Waals surface area contributed by atoms with Crippen LogP contribution in [0.5, 0.6) is 5.88 Å². The lowest BCUT2D eigenvalue weighted by molar-refractivity contribution is -0.137. The third kappa shape index (κ3) is 6.80. The van der Waals surface area contributed by atoms with Crippen LogP contribution in [-0.4, -0.2) is 70.7 Å². The number of pyridine rings is 1. The van der Waals surface area contributed by atoms with Gasteiger partial charge in [0.2, 0.25) is 5.88 Å². The number of carbonyl (C=O) groups is 2. The minimum atomic E-state index is -4.49. The van der Waals surface area contributed by atoms with Crippen LogP contribution in [0.25, 0.3) is 11.1 Å². The quantitative estimate of drug-likeness (QED) is 0.422. The van der Waals surface area contributed by atoms with E-state index in [1.807, 2.05) is 6.92 Å². The molecular formula is C30H30F3N5O4. The zero-order valence-corrected chi connectivity index (χ0v) is 23.2. The van der Waals surface area contributed by atoms with Gasteiger partial charge in [0.15, 0.2) is 0 Å². The van der Waals surface area contributed by atoms with Gasteiger partial charge in [0.25, 0.3) is 5.91 Å². The first kappa shape index (κ1) is 30.3. The van der Waals surface area contributed by atoms with Crippen LogP contribution >= 0.6 is 0 Å². The molecule has 9 nitrogen and oxygen atoms in total. The van der Waals surface area contributed by atoms with Crippen molar-refractivity contribution in [2.45, 2.75) is 32.2 Å². The van der Waals surface area contributed by atoms with Gasteiger partial charge < -0.3 is 25.0 Å². The molecule has 4 rings (SSSR count). The van der Waals surface area contributed by atoms with Crippen LogP contribution in [-0.2, 0) is 6.18 Å². The summed E-state index contributed by atoms with van der Waals surface area (Å²) in [6.07, 6.45) is -3.56. The number of aliphatic hydroxyl groups is 1. The minimum Gasteiger partial charge on any atom is -0.472 e. The van der Waals surface area contributed by atoms with Gasteiger partial charge in [0, 0.05) is 37.0 Å². The first-order chi connectivity index (χ1) is 19.9. The number of rotatable bonds is 6. The summed E-state index contributed by atoms with van der Waals surface area (Å²) in [5.41, 5.74) is 1.42. The molecule has 3 aromatic rings. The Hall–Kier alpha value is -4.63. The van der Waals surface area contributed by atoms with Gasteiger partial charge in [-0.15, -0.1) is 0 Å². The average Bonchev–Trinajstić information content (AvgIpc) is 2.98. The first-order valence-corrected chi connectivity index (χ1v) is 13.2. The number of nitrogens with zero attached hydrogens (tertiary/aromatic N) is 4. The first-order valence-electron chi connectivity index (χ1n) is 13.2. The summed E-state index contributed by atoms with van der Waals surface area (Å²) in [6, 6.07) is 13.6. The lowest BCUT2D eigenvalue weighted by atomic mass is 9.99. The predicted octanol–water partition coefficient (Wildman–Crippen LogP) is 5.02. The summed E-state index contributed by atoms with van der Waals surface area (Å²) in [6.45, 7) is 3.61. The zero-order valence-electron chi connectivity index (χ0n) is 23.2. The number of urea groups is 1. The zero-order chi connectivity index (χ0) is 30.6. The second kappa shape index (κ2) is 12.5. The molecule has 0 aliphatic carbocycles. The number of likely N-dealkylation sites (N-methyl/N-ethyl adjacent to an activating group) is 1. The molecule has 42 heavy (non-hydrogen) atoms. The molecule has 0 spiro atoms. The second-order valence-corrected chi connectivity index (χ2v) is 10.3. The fraction of sp³-hybridized carbons (Fsp3) is 0.333. The van der Waals surface area contributed by atoms with Gasteiger partial charge in [-0.1, -0.05) is 19.1 Å². The number of benzene rings is 2. The number of carbonyl (C=O) groups excluding carboxylic acids is 2. The summed E-state index contributed by atoms with van der Waals surface area (Å²) in [4.78, 5) is 33.9. The highest BCUT2D eigenvalue weighted by molar-refractivity contribution is 5.98. The Morgan fingerprint density at radius 1 is 1.21 bits per heavy atom. The van der Waals surface area contributed by atoms with Crippen LogP contribution in [0.1, 0.15) is 35.3 Å². The highest BCUT2D eigenvalue weighted by Crippen LogP contribution is 2.31. The highest BCUT2D eigenvalue weighted by atomic mass is 19.4. The number of amides is 3. The number of anilines is 1. The fourth-order valence-corrected chi connectivity index (χ4v) is 4.53. The van der Waals surface area contributed by atoms with Gasteiger partial charge in [-0.2, -0.15) is 18.4 Å². The molecule has 12 heteroatoms. The molecule has 3 atom stereocenters. The van der Waals surface area contributed by atoms with Crippen molar-refractivity contribution in [3.63, 3.8) is 0 Å². The van der Waals surface area contributed by atoms with Crippen LogP contribution in [0, 0.1) is 17.2 Å². The molecule has 220 valence electrons. The van der Waals surface area contributed by atoms with E-state index in [-0.39, 0.29) is 48.7 Å². The molecule has 2 N–H and O–H groups in total. The fourth-order valence-electron chi connectivity index (χ4n) is 4.53. The van der Waals surface area contributed by atoms with Crippen molar-refractivity contribution in [2.75, 3.05) is 32.1 Å². The smallest absolute Gasteiger partial charge is 0.416 e. The Bertz CT molecular complexity index is 1470. The molecule has 1 aliphatic rings. The van der Waals surface area contributed by atoms with Crippen molar-refractivity contribution >= 4 is 17.6 Å². The molecule has 2 heterocycles. The van der Waals surface area contributed by atoms with E-state index in [0.29, 0.717) is 11.1 Å². The average molecular weight is 582 g/mol. The third-order valence-electron chi connectivity index (χ3n) is 7.13. The Kier molecular flexibility index (Phi) is 9.02. The molecule has 0 bridgehead atoms. The van der Waals surface area contributed by atoms with Crippen molar-refractivity contribution in [3.05, 3.63) is 77.5 Å². The molecule has 3 amide bonds. The number of ether oxygens (including phenoxy) is 1. The van der Waals surface area contributed by atoms with Gasteiger partial charge in [-0.25, -0.2) is 9.78 Å². The second-order valence-electron chi connectivity index (χ2n) is 10.3. The molecule has 2 aromatic carbocycles. The van der Waals surface area contributed by atoms with Crippen LogP contribution in [0.2, 0.25) is 0 Å². The van der Waals surface area contributed by atoms with E-state index in [2.05, 4.69) is 16.4 Å². The van der Waals surface area contributed by atoms with Crippen LogP contribution < -0.4 is 10.1 Å². The van der Waals surface area contributed by atoms with E-state index < -0.39 is 29.9 Å². The van der Waals surface area contributed by atoms with Crippen molar-refractivity contribution in [3.8, 4) is 23.1 Å². The van der Waals surface area contributed by atoms with Gasteiger partial charge >= 0.3 is 12.2 Å². The third-order valence-corrected chi connectivity index (χ3v) is 7.13. The van der Waals surface area contributed by atoms with Crippen molar-refractivity contribution < 1.29 is 32.6 Å². The standard InChI is InChI=1S/C30H30F3N5O4/c1-18-15-38(19(2)17-39)28(40)25-12-22(21-6-4-20(13-34)5-7-21)14-35-27(25)42-26(18)16-37(3)29(41)36-24-10-8-23(9-11-24)30(31,32)33/h4-12,14,18-19,26,39H,15-17H2,1-3H3,(H,36,41)/t18-,19+,26-/m0/s1. The molecular weight excluding hydrogens is 551 g/mol. The van der Waals surface area contributed by atoms with Crippen LogP contribution in [0.4, 0.5) is 23.7 Å². The van der Waals surface area contributed by atoms with E-state index in [1.165, 1.54) is 24.1 Å². The Morgan fingerprint density at radius 3 is 2.48 bits per heavy atom. The predicted molar refractivity (Wildman–Crippen MR) is 149 cm³/mol. The normalized spacial score (nSPS) is 17.7. The number of aromatic nitrogens is 1. The number of nitriles is 1. The Balaban J connectivity index is 1.58. The van der Waals surface area contributed by atoms with Gasteiger partial charge in [-0.05, 0) is 55.0 Å². The van der Waals surface area contributed by atoms with Crippen molar-refractivity contribution in [1.29, 1.82) is 5.26 Å². The summed E-state index contributed by atoms with van der Waals surface area (Å²) in [5.74, 6) is -0.591. The SMILES string of the molecule is C[C@H](CO)N1C[C@H](C)[C@H](CN(C)C(=O)Nc2ccc(C(F)(F)F)cc2)Oc2ncc(-c3ccc(C#N)cc3)cc2C1=O. The maximum absolute atomic E-state index is 13.7. The molecule has 0 radical (unpaired) electrons. The topological polar surface area (TPSA) is 119 Å². The van der Waals surface area contributed by atoms with Crippen molar-refractivity contribution in [1.82, 2.24) is 14.8 Å². The van der Waals surface area contributed by atoms with Gasteiger partial charge in [0.05, 0.1) is 36.4 Å². The Morgan fingerprint density at radius 2 is 1.88 bits per heavy atom. The van der Waals surface area contributed by atoms with Crippen LogP contribution in [0.15, 0.2) is 60.8 Å². The van der Waals surface area contributed by atoms with E-state index in [4.69, 9.17) is 10.00 Å². The summed E-state index contributed by atoms with van der Waals surface area (Å²) >= 11 is 0. The minimum absolute atomic E-state index is 0.0700. The lowest BCUT2D eigenvalue weighted by Gasteiger charge is -2.37. The highest BCUT2D eigenvalue weighted by Gasteiger charge is 2.35. The summed E-state index contributed by atoms with van der Waals surface area (Å²) in [7, 11) is 1.52. The molecule has 0 saturated heterocycles. The molecule has 1 aliphatic heterocycles. The largest absolute Gasteiger partial charge is 0.472 e. The van der Waals surface area contributed by atoms with Crippen molar-refractivity contribution in [2.24, 2.45) is 5.92 Å². The van der Waals surface area contributed by atoms with E-state index in [9.17, 15) is 27.9 Å². The van der Waals surface area contributed by atoms with E-state index in [0.717, 1.165) is 17.7 Å². The molecule has 0 saturated carbocycles. The van der Waals surface area contributed by atoms with E-state index >= 15 is 0 Å². The molecule has 0 fully saturated rings. The summed E-state index contributed by atoms with van der Waals surface area (Å²) < 4.78 is 44.8. The van der Waals surface area contributed by atoms with Gasteiger partial charge in [0.1, 0.15) is 11.7 Å². The number of nitrogens with one attached hydrogen (secondary N) is 1. The van der Waals surface area contributed by atoms with Crippen LogP contribution in [0.3, 0.4) is 0 Å². The monoisotopic (exact) mass is 581 g/mol. The number of halogens is 3. The number of aliphatic hydroxyl groups excluding tert-OH is 1. The van der Waals surface area contributed by atoms with E-state index in [1.54, 1.807) is 48.4 Å². The molecule has 0 unspecified atom stereocenters. The lowest BCUT2D eigenvalue weighted by Crippen LogP contribution is -2.50. The maximum Gasteiger partial charge on any atom is 0.416 e. The number of alkyl halides is 3. The number of hydrogen-bond acceptors (Lipinski definition) is 6. The maximum atomic E-state index is 13.7. The van der Waals surface area contributed by atoms with Gasteiger partial charge in [-0.3, -0.25) is 4.79 Å². The molecule has 1 aromatic heterocycles. The number of hydrogen-bond donors (Lipinski definition) is 2.